The fourth-order valence-electron chi connectivity index (χ4n) is 4.25. The maximum atomic E-state index is 14.0. The lowest BCUT2D eigenvalue weighted by Gasteiger charge is -2.36. The zero-order valence-electron chi connectivity index (χ0n) is 17.8. The molecule has 168 valence electrons. The predicted octanol–water partition coefficient (Wildman–Crippen LogP) is 2.17. The average molecular weight is 447 g/mol. The summed E-state index contributed by atoms with van der Waals surface area (Å²) in [6.07, 6.45) is 1.67. The van der Waals surface area contributed by atoms with Crippen molar-refractivity contribution < 1.29 is 9.18 Å². The minimum atomic E-state index is -0.636. The number of piperazine rings is 1. The highest BCUT2D eigenvalue weighted by Gasteiger charge is 2.24. The number of carbonyl (C=O) groups is 1. The Morgan fingerprint density at radius 3 is 2.33 bits per heavy atom. The van der Waals surface area contributed by atoms with Crippen LogP contribution < -0.4 is 16.1 Å². The van der Waals surface area contributed by atoms with Gasteiger partial charge in [0.25, 0.3) is 5.56 Å². The van der Waals surface area contributed by atoms with Crippen molar-refractivity contribution in [1.29, 1.82) is 0 Å². The summed E-state index contributed by atoms with van der Waals surface area (Å²) in [5.41, 5.74) is 1.55. The number of rotatable bonds is 4. The van der Waals surface area contributed by atoms with E-state index in [1.807, 2.05) is 35.2 Å². The summed E-state index contributed by atoms with van der Waals surface area (Å²) in [7, 11) is 0. The van der Waals surface area contributed by atoms with Crippen LogP contribution in [0.3, 0.4) is 0 Å². The molecule has 0 atom stereocenters. The van der Waals surface area contributed by atoms with Crippen LogP contribution in [0, 0.1) is 5.82 Å². The van der Waals surface area contributed by atoms with E-state index >= 15 is 0 Å². The molecule has 1 amide bonds. The number of H-pyrrole nitrogens is 2. The molecule has 2 N–H and O–H groups in total. The van der Waals surface area contributed by atoms with Crippen molar-refractivity contribution >= 4 is 22.6 Å². The summed E-state index contributed by atoms with van der Waals surface area (Å²) < 4.78 is 15.0. The largest absolute Gasteiger partial charge is 0.366 e. The molecular weight excluding hydrogens is 425 g/mol. The smallest absolute Gasteiger partial charge is 0.329 e. The minimum absolute atomic E-state index is 0.241. The second kappa shape index (κ2) is 8.42. The van der Waals surface area contributed by atoms with Gasteiger partial charge < -0.3 is 19.8 Å². The first-order valence-corrected chi connectivity index (χ1v) is 10.7. The van der Waals surface area contributed by atoms with E-state index in [1.54, 1.807) is 29.3 Å². The number of para-hydroxylation sites is 1. The molecule has 0 bridgehead atoms. The molecular formula is C24H22FN5O3. The number of aromatic nitrogens is 3. The van der Waals surface area contributed by atoms with Gasteiger partial charge in [-0.3, -0.25) is 9.59 Å². The van der Waals surface area contributed by atoms with E-state index in [2.05, 4.69) is 9.97 Å². The zero-order valence-corrected chi connectivity index (χ0v) is 17.8. The maximum absolute atomic E-state index is 14.0. The second-order valence-electron chi connectivity index (χ2n) is 7.96. The topological polar surface area (TPSA) is 94.2 Å². The average Bonchev–Trinajstić information content (AvgIpc) is 3.26. The van der Waals surface area contributed by atoms with Crippen molar-refractivity contribution in [2.45, 2.75) is 6.54 Å². The van der Waals surface area contributed by atoms with Gasteiger partial charge in [-0.1, -0.05) is 42.5 Å². The normalized spacial score (nSPS) is 14.1. The van der Waals surface area contributed by atoms with Crippen LogP contribution in [-0.4, -0.2) is 51.5 Å². The quantitative estimate of drug-likeness (QED) is 0.501. The maximum Gasteiger partial charge on any atom is 0.329 e. The Hall–Kier alpha value is -4.14. The molecule has 0 saturated carbocycles. The summed E-state index contributed by atoms with van der Waals surface area (Å²) in [5.74, 6) is -0.630. The molecule has 8 nitrogen and oxygen atoms in total. The molecule has 2 aromatic carbocycles. The molecule has 1 aliphatic heterocycles. The highest BCUT2D eigenvalue weighted by molar-refractivity contribution is 5.91. The number of halogens is 1. The molecule has 1 saturated heterocycles. The van der Waals surface area contributed by atoms with Crippen molar-refractivity contribution in [2.24, 2.45) is 0 Å². The molecule has 2 aromatic heterocycles. The molecule has 3 heterocycles. The van der Waals surface area contributed by atoms with E-state index in [0.717, 1.165) is 10.1 Å². The Morgan fingerprint density at radius 1 is 0.909 bits per heavy atom. The van der Waals surface area contributed by atoms with Crippen molar-refractivity contribution in [2.75, 3.05) is 31.1 Å². The molecule has 33 heavy (non-hydrogen) atoms. The molecule has 0 unspecified atom stereocenters. The zero-order chi connectivity index (χ0) is 22.9. The van der Waals surface area contributed by atoms with Gasteiger partial charge >= 0.3 is 5.69 Å². The van der Waals surface area contributed by atoms with Crippen LogP contribution >= 0.6 is 0 Å². The number of aromatic amines is 2. The second-order valence-corrected chi connectivity index (χ2v) is 7.96. The van der Waals surface area contributed by atoms with E-state index < -0.39 is 11.2 Å². The van der Waals surface area contributed by atoms with E-state index in [-0.39, 0.29) is 23.8 Å². The number of carbonyl (C=O) groups excluding carboxylic acids is 1. The van der Waals surface area contributed by atoms with Gasteiger partial charge in [-0.25, -0.2) is 13.8 Å². The van der Waals surface area contributed by atoms with E-state index in [1.165, 1.54) is 6.07 Å². The van der Waals surface area contributed by atoms with Crippen LogP contribution in [0.5, 0.6) is 0 Å². The van der Waals surface area contributed by atoms with Crippen molar-refractivity contribution in [1.82, 2.24) is 19.4 Å². The van der Waals surface area contributed by atoms with Gasteiger partial charge in [0.2, 0.25) is 5.91 Å². The van der Waals surface area contributed by atoms with E-state index in [4.69, 9.17) is 0 Å². The van der Waals surface area contributed by atoms with Crippen LogP contribution in [0.1, 0.15) is 0 Å². The Kier molecular flexibility index (Phi) is 5.29. The number of hydrogen-bond acceptors (Lipinski definition) is 4. The molecule has 4 aromatic rings. The standard InChI is InChI=1S/C24H22FN5O3/c25-18-8-4-5-9-19(18)28-10-12-29(13-11-28)20(31)15-30-23(32)22-21(27-24(30)33)17(14-26-22)16-6-2-1-3-7-16/h1-9,14,26H,10-13,15H2,(H,27,33). The summed E-state index contributed by atoms with van der Waals surface area (Å²) in [4.78, 5) is 47.7. The Balaban J connectivity index is 1.34. The number of anilines is 1. The fourth-order valence-corrected chi connectivity index (χ4v) is 4.25. The molecule has 1 aliphatic rings. The Bertz CT molecular complexity index is 1430. The molecule has 0 radical (unpaired) electrons. The number of nitrogens with one attached hydrogen (secondary N) is 2. The first kappa shape index (κ1) is 20.7. The van der Waals surface area contributed by atoms with E-state index in [9.17, 15) is 18.8 Å². The van der Waals surface area contributed by atoms with Crippen LogP contribution in [0.4, 0.5) is 10.1 Å². The van der Waals surface area contributed by atoms with Crippen molar-refractivity contribution in [3.05, 3.63) is 87.4 Å². The van der Waals surface area contributed by atoms with Crippen molar-refractivity contribution in [3.8, 4) is 11.1 Å². The number of nitrogens with zero attached hydrogens (tertiary/aromatic N) is 3. The summed E-state index contributed by atoms with van der Waals surface area (Å²) in [5, 5.41) is 0. The lowest BCUT2D eigenvalue weighted by molar-refractivity contribution is -0.132. The van der Waals surface area contributed by atoms with Gasteiger partial charge in [0, 0.05) is 37.9 Å². The lowest BCUT2D eigenvalue weighted by Crippen LogP contribution is -2.51. The number of hydrogen-bond donors (Lipinski definition) is 2. The third-order valence-corrected chi connectivity index (χ3v) is 6.02. The summed E-state index contributed by atoms with van der Waals surface area (Å²) in [6, 6.07) is 15.9. The Morgan fingerprint density at radius 2 is 1.61 bits per heavy atom. The summed E-state index contributed by atoms with van der Waals surface area (Å²) >= 11 is 0. The molecule has 5 rings (SSSR count). The monoisotopic (exact) mass is 447 g/mol. The van der Waals surface area contributed by atoms with Gasteiger partial charge in [0.15, 0.2) is 0 Å². The Labute approximate surface area is 187 Å². The first-order chi connectivity index (χ1) is 16.0. The molecule has 9 heteroatoms. The van der Waals surface area contributed by atoms with Crippen LogP contribution in [0.2, 0.25) is 0 Å². The van der Waals surface area contributed by atoms with Gasteiger partial charge in [-0.2, -0.15) is 0 Å². The number of benzene rings is 2. The number of amides is 1. The highest BCUT2D eigenvalue weighted by atomic mass is 19.1. The highest BCUT2D eigenvalue weighted by Crippen LogP contribution is 2.24. The third-order valence-electron chi connectivity index (χ3n) is 6.02. The van der Waals surface area contributed by atoms with Gasteiger partial charge in [-0.05, 0) is 17.7 Å². The number of fused-ring (bicyclic) bond motifs is 1. The third kappa shape index (κ3) is 3.82. The molecule has 0 spiro atoms. The fraction of sp³-hybridized carbons (Fsp3) is 0.208. The van der Waals surface area contributed by atoms with Crippen molar-refractivity contribution in [3.63, 3.8) is 0 Å². The van der Waals surface area contributed by atoms with Crippen LogP contribution in [0.25, 0.3) is 22.2 Å². The first-order valence-electron chi connectivity index (χ1n) is 10.7. The van der Waals surface area contributed by atoms with Crippen LogP contribution in [0.15, 0.2) is 70.4 Å². The van der Waals surface area contributed by atoms with Crippen LogP contribution in [-0.2, 0) is 11.3 Å². The van der Waals surface area contributed by atoms with E-state index in [0.29, 0.717) is 42.9 Å². The summed E-state index contributed by atoms with van der Waals surface area (Å²) in [6.45, 7) is 1.33. The molecule has 0 aliphatic carbocycles. The predicted molar refractivity (Wildman–Crippen MR) is 124 cm³/mol. The van der Waals surface area contributed by atoms with Gasteiger partial charge in [0.05, 0.1) is 11.2 Å². The molecule has 1 fully saturated rings. The SMILES string of the molecule is O=C(Cn1c(=O)[nH]c2c(-c3ccccc3)c[nH]c2c1=O)N1CCN(c2ccccc2F)CC1. The lowest BCUT2D eigenvalue weighted by atomic mass is 10.1. The van der Waals surface area contributed by atoms with Gasteiger partial charge in [-0.15, -0.1) is 0 Å². The minimum Gasteiger partial charge on any atom is -0.366 e. The van der Waals surface area contributed by atoms with Gasteiger partial charge in [0.1, 0.15) is 17.9 Å².